The summed E-state index contributed by atoms with van der Waals surface area (Å²) in [5, 5.41) is 0. The molecular weight excluding hydrogens is 376 g/mol. The standard InChI is InChI=1S/C20H24N4O3S/c1-3-24(4-2)28(26,27)18-10-11-20(25)23(15-18)16-19-21-12-13-22(19)14-17-8-6-5-7-9-17/h5-13,15H,3-4,14,16H2,1-2H3. The Balaban J connectivity index is 1.90. The van der Waals surface area contributed by atoms with E-state index in [-0.39, 0.29) is 17.0 Å². The van der Waals surface area contributed by atoms with Gasteiger partial charge in [-0.05, 0) is 11.6 Å². The third kappa shape index (κ3) is 4.23. The van der Waals surface area contributed by atoms with Crippen LogP contribution in [-0.4, -0.2) is 39.9 Å². The predicted molar refractivity (Wildman–Crippen MR) is 108 cm³/mol. The van der Waals surface area contributed by atoms with Crippen LogP contribution >= 0.6 is 0 Å². The van der Waals surface area contributed by atoms with Gasteiger partial charge in [0.2, 0.25) is 10.0 Å². The molecule has 0 unspecified atom stereocenters. The fourth-order valence-corrected chi connectivity index (χ4v) is 4.54. The van der Waals surface area contributed by atoms with Crippen LogP contribution in [0.2, 0.25) is 0 Å². The van der Waals surface area contributed by atoms with E-state index in [2.05, 4.69) is 4.98 Å². The first-order valence-corrected chi connectivity index (χ1v) is 10.6. The maximum atomic E-state index is 12.8. The van der Waals surface area contributed by atoms with Gasteiger partial charge in [-0.2, -0.15) is 4.31 Å². The number of rotatable bonds is 8. The zero-order chi connectivity index (χ0) is 20.1. The van der Waals surface area contributed by atoms with Crippen LogP contribution in [0.25, 0.3) is 0 Å². The number of sulfonamides is 1. The third-order valence-electron chi connectivity index (χ3n) is 4.61. The van der Waals surface area contributed by atoms with Crippen LogP contribution < -0.4 is 5.56 Å². The van der Waals surface area contributed by atoms with Gasteiger partial charge < -0.3 is 9.13 Å². The number of nitrogens with zero attached hydrogens (tertiary/aromatic N) is 4. The van der Waals surface area contributed by atoms with Crippen LogP contribution in [0.1, 0.15) is 25.2 Å². The van der Waals surface area contributed by atoms with Gasteiger partial charge in [0, 0.05) is 44.3 Å². The van der Waals surface area contributed by atoms with Crippen molar-refractivity contribution < 1.29 is 8.42 Å². The summed E-state index contributed by atoms with van der Waals surface area (Å²) in [7, 11) is -3.63. The summed E-state index contributed by atoms with van der Waals surface area (Å²) in [4.78, 5) is 16.8. The Kier molecular flexibility index (Phi) is 6.11. The van der Waals surface area contributed by atoms with Gasteiger partial charge in [-0.1, -0.05) is 44.2 Å². The highest BCUT2D eigenvalue weighted by molar-refractivity contribution is 7.89. The molecule has 0 aliphatic carbocycles. The number of hydrogen-bond donors (Lipinski definition) is 0. The van der Waals surface area contributed by atoms with E-state index in [9.17, 15) is 13.2 Å². The van der Waals surface area contributed by atoms with E-state index in [1.165, 1.54) is 27.2 Å². The summed E-state index contributed by atoms with van der Waals surface area (Å²) in [6.45, 7) is 5.15. The summed E-state index contributed by atoms with van der Waals surface area (Å²) in [6, 6.07) is 12.6. The van der Waals surface area contributed by atoms with Crippen LogP contribution in [0.3, 0.4) is 0 Å². The number of benzene rings is 1. The molecule has 0 saturated heterocycles. The van der Waals surface area contributed by atoms with Crippen LogP contribution in [0.4, 0.5) is 0 Å². The second-order valence-electron chi connectivity index (χ2n) is 6.38. The number of hydrogen-bond acceptors (Lipinski definition) is 4. The highest BCUT2D eigenvalue weighted by Gasteiger charge is 2.22. The van der Waals surface area contributed by atoms with Crippen molar-refractivity contribution in [2.24, 2.45) is 0 Å². The van der Waals surface area contributed by atoms with Gasteiger partial charge in [0.05, 0.1) is 11.4 Å². The van der Waals surface area contributed by atoms with Gasteiger partial charge >= 0.3 is 0 Å². The Morgan fingerprint density at radius 3 is 2.36 bits per heavy atom. The largest absolute Gasteiger partial charge is 0.329 e. The maximum Gasteiger partial charge on any atom is 0.251 e. The summed E-state index contributed by atoms with van der Waals surface area (Å²) in [5.74, 6) is 0.684. The molecule has 0 spiro atoms. The monoisotopic (exact) mass is 400 g/mol. The Morgan fingerprint density at radius 2 is 1.68 bits per heavy atom. The average molecular weight is 401 g/mol. The average Bonchev–Trinajstić information content (AvgIpc) is 3.11. The smallest absolute Gasteiger partial charge is 0.251 e. The second-order valence-corrected chi connectivity index (χ2v) is 8.32. The minimum atomic E-state index is -3.63. The molecular formula is C20H24N4O3S. The molecule has 28 heavy (non-hydrogen) atoms. The number of imidazole rings is 1. The molecule has 0 fully saturated rings. The molecule has 0 atom stereocenters. The first-order valence-electron chi connectivity index (χ1n) is 9.20. The van der Waals surface area contributed by atoms with Crippen LogP contribution in [-0.2, 0) is 23.1 Å². The lowest BCUT2D eigenvalue weighted by molar-refractivity contribution is 0.444. The SMILES string of the molecule is CCN(CC)S(=O)(=O)c1ccc(=O)n(Cc2nccn2Cc2ccccc2)c1. The van der Waals surface area contributed by atoms with Gasteiger partial charge in [0.1, 0.15) is 5.82 Å². The van der Waals surface area contributed by atoms with Gasteiger partial charge in [-0.15, -0.1) is 0 Å². The summed E-state index contributed by atoms with van der Waals surface area (Å²) in [6.07, 6.45) is 4.93. The minimum absolute atomic E-state index is 0.108. The zero-order valence-corrected chi connectivity index (χ0v) is 16.8. The van der Waals surface area contributed by atoms with Crippen molar-refractivity contribution >= 4 is 10.0 Å². The molecule has 0 bridgehead atoms. The van der Waals surface area contributed by atoms with E-state index in [1.54, 1.807) is 20.0 Å². The van der Waals surface area contributed by atoms with Crippen LogP contribution in [0.5, 0.6) is 0 Å². The van der Waals surface area contributed by atoms with Crippen LogP contribution in [0, 0.1) is 0 Å². The molecule has 2 heterocycles. The highest BCUT2D eigenvalue weighted by Crippen LogP contribution is 2.14. The topological polar surface area (TPSA) is 77.2 Å². The lowest BCUT2D eigenvalue weighted by atomic mass is 10.2. The minimum Gasteiger partial charge on any atom is -0.329 e. The number of pyridine rings is 1. The molecule has 7 nitrogen and oxygen atoms in total. The van der Waals surface area contributed by atoms with Crippen molar-refractivity contribution in [2.45, 2.75) is 31.8 Å². The molecule has 3 aromatic rings. The Labute approximate surface area is 164 Å². The van der Waals surface area contributed by atoms with E-state index >= 15 is 0 Å². The molecule has 3 rings (SSSR count). The van der Waals surface area contributed by atoms with E-state index < -0.39 is 10.0 Å². The van der Waals surface area contributed by atoms with Gasteiger partial charge in [-0.3, -0.25) is 4.79 Å². The first-order chi connectivity index (χ1) is 13.5. The van der Waals surface area contributed by atoms with Crippen LogP contribution in [0.15, 0.2) is 70.7 Å². The second kappa shape index (κ2) is 8.53. The van der Waals surface area contributed by atoms with Crippen molar-refractivity contribution in [2.75, 3.05) is 13.1 Å². The van der Waals surface area contributed by atoms with E-state index in [0.29, 0.717) is 25.5 Å². The summed E-state index contributed by atoms with van der Waals surface area (Å²) >= 11 is 0. The Bertz CT molecular complexity index is 1080. The first kappa shape index (κ1) is 20.0. The molecule has 2 aromatic heterocycles. The molecule has 8 heteroatoms. The van der Waals surface area contributed by atoms with Gasteiger partial charge in [0.15, 0.2) is 0 Å². The molecule has 0 amide bonds. The van der Waals surface area contributed by atoms with E-state index in [0.717, 1.165) is 5.56 Å². The fourth-order valence-electron chi connectivity index (χ4n) is 3.07. The molecule has 0 aliphatic rings. The molecule has 0 N–H and O–H groups in total. The third-order valence-corrected chi connectivity index (χ3v) is 6.64. The maximum absolute atomic E-state index is 12.8. The Morgan fingerprint density at radius 1 is 0.964 bits per heavy atom. The van der Waals surface area contributed by atoms with E-state index in [1.807, 2.05) is 41.1 Å². The number of aromatic nitrogens is 3. The van der Waals surface area contributed by atoms with Crippen molar-refractivity contribution in [3.63, 3.8) is 0 Å². The van der Waals surface area contributed by atoms with Crippen molar-refractivity contribution in [3.05, 3.63) is 82.8 Å². The van der Waals surface area contributed by atoms with Gasteiger partial charge in [0.25, 0.3) is 5.56 Å². The molecule has 148 valence electrons. The lowest BCUT2D eigenvalue weighted by Gasteiger charge is -2.19. The van der Waals surface area contributed by atoms with Crippen molar-refractivity contribution in [1.29, 1.82) is 0 Å². The lowest BCUT2D eigenvalue weighted by Crippen LogP contribution is -2.32. The van der Waals surface area contributed by atoms with E-state index in [4.69, 9.17) is 0 Å². The molecule has 0 radical (unpaired) electrons. The molecule has 1 aromatic carbocycles. The Hall–Kier alpha value is -2.71. The molecule has 0 saturated carbocycles. The summed E-state index contributed by atoms with van der Waals surface area (Å²) in [5.41, 5.74) is 0.847. The normalized spacial score (nSPS) is 11.8. The highest BCUT2D eigenvalue weighted by atomic mass is 32.2. The fraction of sp³-hybridized carbons (Fsp3) is 0.300. The van der Waals surface area contributed by atoms with Gasteiger partial charge in [-0.25, -0.2) is 13.4 Å². The van der Waals surface area contributed by atoms with Crippen molar-refractivity contribution in [1.82, 2.24) is 18.4 Å². The van der Waals surface area contributed by atoms with Crippen molar-refractivity contribution in [3.8, 4) is 0 Å². The zero-order valence-electron chi connectivity index (χ0n) is 16.0. The molecule has 0 aliphatic heterocycles. The predicted octanol–water partition coefficient (Wildman–Crippen LogP) is 2.17. The summed E-state index contributed by atoms with van der Waals surface area (Å²) < 4.78 is 30.2. The quantitative estimate of drug-likeness (QED) is 0.581.